The number of rotatable bonds is 13. The van der Waals surface area contributed by atoms with E-state index in [1.54, 1.807) is 13.2 Å². The van der Waals surface area contributed by atoms with E-state index in [9.17, 15) is 23.3 Å². The largest absolute Gasteiger partial charge is 0.468 e. The van der Waals surface area contributed by atoms with Gasteiger partial charge in [0.25, 0.3) is 21.6 Å². The SMILES string of the molecule is CO[C@]1(C)CC[C@H](CNc2ccc(S(=O)(=O)NC(=O)c3ccc(N4CCC5(CC4)CC(N4CCC[C@H]4c4ccccc4C(C)C)C5)cc3N3c4cc5cc[nH]c5nc4O[C@@H]4COC[C@H]43)cc2[N+](=O)[O-])CC1.Cl. The van der Waals surface area contributed by atoms with E-state index in [1.807, 2.05) is 35.4 Å². The maximum atomic E-state index is 14.7. The molecule has 3 N–H and O–H groups in total. The van der Waals surface area contributed by atoms with Crippen molar-refractivity contribution in [3.63, 3.8) is 0 Å². The summed E-state index contributed by atoms with van der Waals surface area (Å²) in [5.74, 6) is 0.278. The van der Waals surface area contributed by atoms with Crippen LogP contribution in [0.1, 0.15) is 118 Å². The summed E-state index contributed by atoms with van der Waals surface area (Å²) in [6.07, 6.45) is 11.9. The van der Waals surface area contributed by atoms with Gasteiger partial charge in [0.15, 0.2) is 0 Å². The Morgan fingerprint density at radius 2 is 1.75 bits per heavy atom. The Bertz CT molecular complexity index is 2940. The van der Waals surface area contributed by atoms with Crippen molar-refractivity contribution in [2.45, 2.75) is 126 Å². The molecular formula is C54H67ClN8O8S. The standard InChI is InChI=1S/C54H66N8O8S.ClH/c1-34(2)40-8-5-6-9-41(40)44-10-7-23-60(44)38-29-54(30-38)20-24-59(25-21-54)37-11-13-42(45(27-37)61-47-26-36-17-22-55-50(36)57-52(47)70-49-33-69-32-48(49)61)51(63)58-71(66,67)39-12-14-43(46(28-39)62(64)65)56-31-35-15-18-53(3,68-4)19-16-35;/h5-6,8-9,11-14,17,22,26-28,34-35,38,44,48-49,56H,7,10,15-16,18-21,23-25,29-33H2,1-4H3,(H,55,57)(H,58,63);1H/t35-,44-,48+,49+,53+;/m0./s1. The average molecular weight is 1020 g/mol. The number of carbonyl (C=O) groups excluding carboxylic acids is 1. The molecule has 11 rings (SSSR count). The van der Waals surface area contributed by atoms with Gasteiger partial charge in [0.05, 0.1) is 45.9 Å². The van der Waals surface area contributed by atoms with E-state index < -0.39 is 37.5 Å². The molecule has 5 fully saturated rings. The summed E-state index contributed by atoms with van der Waals surface area (Å²) in [7, 11) is -2.88. The number of nitro benzene ring substituents is 1. The van der Waals surface area contributed by atoms with Gasteiger partial charge < -0.3 is 34.3 Å². The van der Waals surface area contributed by atoms with Gasteiger partial charge in [-0.3, -0.25) is 19.8 Å². The van der Waals surface area contributed by atoms with Gasteiger partial charge in [-0.1, -0.05) is 38.1 Å². The fourth-order valence-corrected chi connectivity index (χ4v) is 13.7. The number of H-pyrrole nitrogens is 1. The van der Waals surface area contributed by atoms with Gasteiger partial charge in [-0.15, -0.1) is 12.4 Å². The van der Waals surface area contributed by atoms with E-state index in [4.69, 9.17) is 19.2 Å². The molecule has 1 amide bonds. The summed E-state index contributed by atoms with van der Waals surface area (Å²) < 4.78 is 48.7. The first-order valence-corrected chi connectivity index (χ1v) is 27.1. The first-order valence-electron chi connectivity index (χ1n) is 25.6. The molecule has 2 aliphatic carbocycles. The second-order valence-electron chi connectivity index (χ2n) is 21.6. The summed E-state index contributed by atoms with van der Waals surface area (Å²) in [6.45, 7) is 10.7. The number of nitrogens with zero attached hydrogens (tertiary/aromatic N) is 5. The van der Waals surface area contributed by atoms with Crippen molar-refractivity contribution in [3.05, 3.63) is 106 Å². The van der Waals surface area contributed by atoms with E-state index in [0.29, 0.717) is 66.1 Å². The number of anilines is 4. The number of benzene rings is 3. The van der Waals surface area contributed by atoms with Gasteiger partial charge in [0.1, 0.15) is 23.1 Å². The van der Waals surface area contributed by atoms with Crippen LogP contribution in [-0.4, -0.2) is 104 Å². The van der Waals surface area contributed by atoms with E-state index in [1.165, 1.54) is 48.9 Å². The highest BCUT2D eigenvalue weighted by Gasteiger charge is 2.50. The first kappa shape index (κ1) is 50.1. The highest BCUT2D eigenvalue weighted by Crippen LogP contribution is 2.55. The molecule has 1 spiro atoms. The minimum absolute atomic E-state index is 0. The van der Waals surface area contributed by atoms with Crippen LogP contribution in [0, 0.1) is 21.4 Å². The van der Waals surface area contributed by atoms with Crippen molar-refractivity contribution in [1.82, 2.24) is 19.6 Å². The number of aromatic amines is 1. The average Bonchev–Trinajstić information content (AvgIpc) is 4.16. The fourth-order valence-electron chi connectivity index (χ4n) is 12.7. The van der Waals surface area contributed by atoms with Crippen LogP contribution in [-0.2, 0) is 19.5 Å². The normalized spacial score (nSPS) is 25.1. The molecular weight excluding hydrogens is 956 g/mol. The van der Waals surface area contributed by atoms with Gasteiger partial charge >= 0.3 is 0 Å². The number of carbonyl (C=O) groups is 1. The lowest BCUT2D eigenvalue weighted by molar-refractivity contribution is -0.384. The lowest BCUT2D eigenvalue weighted by Gasteiger charge is -2.56. The van der Waals surface area contributed by atoms with Crippen molar-refractivity contribution in [2.24, 2.45) is 11.3 Å². The maximum Gasteiger partial charge on any atom is 0.293 e. The summed E-state index contributed by atoms with van der Waals surface area (Å²) in [4.78, 5) is 41.3. The van der Waals surface area contributed by atoms with Gasteiger partial charge in [-0.05, 0) is 149 Å². The Kier molecular flexibility index (Phi) is 13.7. The molecule has 5 aromatic rings. The van der Waals surface area contributed by atoms with Gasteiger partial charge in [-0.25, -0.2) is 13.1 Å². The van der Waals surface area contributed by atoms with Crippen molar-refractivity contribution >= 4 is 67.8 Å². The predicted molar refractivity (Wildman–Crippen MR) is 281 cm³/mol. The zero-order valence-electron chi connectivity index (χ0n) is 41.6. The number of hydrogen-bond acceptors (Lipinski definition) is 13. The quantitative estimate of drug-likeness (QED) is 0.0749. The van der Waals surface area contributed by atoms with E-state index in [-0.39, 0.29) is 41.2 Å². The van der Waals surface area contributed by atoms with Crippen molar-refractivity contribution < 1.29 is 32.3 Å². The summed E-state index contributed by atoms with van der Waals surface area (Å²) in [6, 6.07) is 22.9. The van der Waals surface area contributed by atoms with Gasteiger partial charge in [-0.2, -0.15) is 4.98 Å². The molecule has 0 bridgehead atoms. The van der Waals surface area contributed by atoms with Crippen LogP contribution < -0.4 is 24.6 Å². The minimum atomic E-state index is -4.60. The lowest BCUT2D eigenvalue weighted by atomic mass is 9.59. The molecule has 0 radical (unpaired) electrons. The summed E-state index contributed by atoms with van der Waals surface area (Å²) in [5.41, 5.74) is 5.72. The van der Waals surface area contributed by atoms with Crippen LogP contribution in [0.25, 0.3) is 11.0 Å². The second-order valence-corrected chi connectivity index (χ2v) is 23.3. The van der Waals surface area contributed by atoms with E-state index in [2.05, 4.69) is 69.9 Å². The fraction of sp³-hybridized carbons (Fsp3) is 0.519. The highest BCUT2D eigenvalue weighted by atomic mass is 35.5. The number of methoxy groups -OCH3 is 1. The Morgan fingerprint density at radius 1 is 0.972 bits per heavy atom. The molecule has 4 aliphatic heterocycles. The Labute approximate surface area is 428 Å². The highest BCUT2D eigenvalue weighted by molar-refractivity contribution is 7.90. The van der Waals surface area contributed by atoms with Crippen LogP contribution in [0.15, 0.2) is 83.9 Å². The number of likely N-dealkylation sites (tertiary alicyclic amines) is 1. The number of ether oxygens (including phenoxy) is 3. The van der Waals surface area contributed by atoms with Crippen LogP contribution in [0.2, 0.25) is 0 Å². The molecule has 16 nitrogen and oxygen atoms in total. The molecule has 3 aromatic carbocycles. The van der Waals surface area contributed by atoms with Crippen molar-refractivity contribution in [3.8, 4) is 5.88 Å². The summed E-state index contributed by atoms with van der Waals surface area (Å²) in [5, 5.41) is 16.4. The summed E-state index contributed by atoms with van der Waals surface area (Å²) >= 11 is 0. The van der Waals surface area contributed by atoms with E-state index in [0.717, 1.165) is 75.3 Å². The van der Waals surface area contributed by atoms with Gasteiger partial charge in [0.2, 0.25) is 5.88 Å². The monoisotopic (exact) mass is 1020 g/mol. The zero-order chi connectivity index (χ0) is 49.2. The third-order valence-electron chi connectivity index (χ3n) is 17.0. The smallest absolute Gasteiger partial charge is 0.293 e. The van der Waals surface area contributed by atoms with E-state index >= 15 is 0 Å². The van der Waals surface area contributed by atoms with Crippen LogP contribution in [0.3, 0.4) is 0 Å². The first-order chi connectivity index (χ1) is 34.2. The molecule has 3 saturated heterocycles. The van der Waals surface area contributed by atoms with Crippen molar-refractivity contribution in [2.75, 3.05) is 61.6 Å². The molecule has 72 heavy (non-hydrogen) atoms. The third-order valence-corrected chi connectivity index (χ3v) is 18.4. The number of nitro groups is 1. The minimum Gasteiger partial charge on any atom is -0.468 e. The maximum absolute atomic E-state index is 14.7. The number of halogens is 1. The number of piperidine rings is 1. The Hall–Kier alpha value is -5.46. The number of aromatic nitrogens is 2. The van der Waals surface area contributed by atoms with Crippen LogP contribution in [0.5, 0.6) is 5.88 Å². The lowest BCUT2D eigenvalue weighted by Crippen LogP contribution is -2.55. The predicted octanol–water partition coefficient (Wildman–Crippen LogP) is 10.0. The molecule has 3 atom stereocenters. The van der Waals surface area contributed by atoms with Crippen LogP contribution >= 0.6 is 12.4 Å². The third kappa shape index (κ3) is 9.39. The number of fused-ring (bicyclic) bond motifs is 3. The number of hydrogen-bond donors (Lipinski definition) is 3. The number of sulfonamides is 1. The molecule has 0 unspecified atom stereocenters. The topological polar surface area (TPSA) is 184 Å². The Morgan fingerprint density at radius 3 is 2.50 bits per heavy atom. The molecule has 2 saturated carbocycles. The number of nitrogens with one attached hydrogen (secondary N) is 3. The molecule has 6 heterocycles. The Balaban J connectivity index is 0.00000596. The number of amides is 1. The van der Waals surface area contributed by atoms with Crippen molar-refractivity contribution in [1.29, 1.82) is 0 Å². The van der Waals surface area contributed by atoms with Crippen LogP contribution in [0.4, 0.5) is 28.4 Å². The molecule has 384 valence electrons. The molecule has 2 aromatic heterocycles. The second kappa shape index (κ2) is 19.8. The molecule has 6 aliphatic rings. The number of pyridine rings is 1. The molecule has 18 heteroatoms. The zero-order valence-corrected chi connectivity index (χ0v) is 43.2. The van der Waals surface area contributed by atoms with Gasteiger partial charge in [0, 0.05) is 62.2 Å².